The minimum atomic E-state index is -1.81. The molecular formula is C7H18O3Si2. The van der Waals surface area contributed by atoms with Gasteiger partial charge in [0, 0.05) is 0 Å². The zero-order valence-corrected chi connectivity index (χ0v) is 10.4. The van der Waals surface area contributed by atoms with E-state index in [1.807, 2.05) is 0 Å². The SMILES string of the molecule is C[SiH](C)O[Si](C)(C)OCC1CO1. The lowest BCUT2D eigenvalue weighted by atomic mass is 10.5. The quantitative estimate of drug-likeness (QED) is 0.499. The van der Waals surface area contributed by atoms with E-state index in [0.717, 1.165) is 13.2 Å². The van der Waals surface area contributed by atoms with Crippen LogP contribution in [0.15, 0.2) is 0 Å². The Morgan fingerprint density at radius 1 is 1.50 bits per heavy atom. The molecule has 5 heteroatoms. The molecule has 0 saturated carbocycles. The van der Waals surface area contributed by atoms with E-state index >= 15 is 0 Å². The fraction of sp³-hybridized carbons (Fsp3) is 1.00. The molecule has 0 spiro atoms. The molecule has 1 unspecified atom stereocenters. The van der Waals surface area contributed by atoms with Gasteiger partial charge in [0.05, 0.1) is 13.2 Å². The van der Waals surface area contributed by atoms with Crippen LogP contribution in [0.2, 0.25) is 26.2 Å². The van der Waals surface area contributed by atoms with Crippen molar-refractivity contribution in [3.8, 4) is 0 Å². The van der Waals surface area contributed by atoms with Crippen LogP contribution in [-0.4, -0.2) is 36.9 Å². The molecule has 1 rings (SSSR count). The number of ether oxygens (including phenoxy) is 1. The van der Waals surface area contributed by atoms with Gasteiger partial charge in [-0.2, -0.15) is 0 Å². The molecule has 0 N–H and O–H groups in total. The topological polar surface area (TPSA) is 31.0 Å². The van der Waals surface area contributed by atoms with Crippen LogP contribution >= 0.6 is 0 Å². The summed E-state index contributed by atoms with van der Waals surface area (Å²) in [6.45, 7) is 10.1. The van der Waals surface area contributed by atoms with Crippen LogP contribution in [-0.2, 0) is 13.3 Å². The average Bonchev–Trinajstić information content (AvgIpc) is 2.62. The highest BCUT2D eigenvalue weighted by atomic mass is 28.4. The van der Waals surface area contributed by atoms with E-state index < -0.39 is 17.6 Å². The van der Waals surface area contributed by atoms with Crippen LogP contribution in [0.1, 0.15) is 0 Å². The van der Waals surface area contributed by atoms with Gasteiger partial charge in [0.1, 0.15) is 6.10 Å². The lowest BCUT2D eigenvalue weighted by Crippen LogP contribution is -2.39. The second-order valence-electron chi connectivity index (χ2n) is 3.83. The molecule has 0 amide bonds. The van der Waals surface area contributed by atoms with E-state index in [2.05, 4.69) is 26.2 Å². The molecule has 1 aliphatic rings. The van der Waals surface area contributed by atoms with Crippen LogP contribution in [0.3, 0.4) is 0 Å². The smallest absolute Gasteiger partial charge is 0.321 e. The van der Waals surface area contributed by atoms with Gasteiger partial charge in [0.2, 0.25) is 0 Å². The van der Waals surface area contributed by atoms with Crippen LogP contribution < -0.4 is 0 Å². The number of epoxide rings is 1. The number of hydrogen-bond acceptors (Lipinski definition) is 3. The van der Waals surface area contributed by atoms with Crippen LogP contribution in [0, 0.1) is 0 Å². The Morgan fingerprint density at radius 2 is 2.08 bits per heavy atom. The van der Waals surface area contributed by atoms with Gasteiger partial charge in [-0.15, -0.1) is 0 Å². The zero-order chi connectivity index (χ0) is 9.19. The van der Waals surface area contributed by atoms with Crippen molar-refractivity contribution in [2.45, 2.75) is 32.3 Å². The normalized spacial score (nSPS) is 23.2. The second kappa shape index (κ2) is 4.01. The predicted octanol–water partition coefficient (Wildman–Crippen LogP) is 1.10. The summed E-state index contributed by atoms with van der Waals surface area (Å²) in [5.74, 6) is 0. The van der Waals surface area contributed by atoms with Crippen molar-refractivity contribution in [2.75, 3.05) is 13.2 Å². The summed E-state index contributed by atoms with van der Waals surface area (Å²) in [7, 11) is -2.75. The van der Waals surface area contributed by atoms with Crippen molar-refractivity contribution in [2.24, 2.45) is 0 Å². The molecule has 0 aromatic rings. The van der Waals surface area contributed by atoms with Crippen LogP contribution in [0.4, 0.5) is 0 Å². The van der Waals surface area contributed by atoms with Crippen LogP contribution in [0.5, 0.6) is 0 Å². The fourth-order valence-corrected chi connectivity index (χ4v) is 6.46. The van der Waals surface area contributed by atoms with Crippen molar-refractivity contribution in [3.05, 3.63) is 0 Å². The molecule has 0 aromatic carbocycles. The molecule has 0 aromatic heterocycles. The molecule has 72 valence electrons. The highest BCUT2D eigenvalue weighted by Crippen LogP contribution is 2.14. The van der Waals surface area contributed by atoms with E-state index in [1.54, 1.807) is 0 Å². The summed E-state index contributed by atoms with van der Waals surface area (Å²) in [6.07, 6.45) is 0.356. The summed E-state index contributed by atoms with van der Waals surface area (Å²) in [4.78, 5) is 0. The molecule has 1 heterocycles. The number of hydrogen-bond donors (Lipinski definition) is 0. The van der Waals surface area contributed by atoms with Crippen LogP contribution in [0.25, 0.3) is 0 Å². The van der Waals surface area contributed by atoms with Crippen molar-refractivity contribution >= 4 is 17.6 Å². The third-order valence-corrected chi connectivity index (χ3v) is 6.56. The first-order chi connectivity index (χ1) is 5.49. The van der Waals surface area contributed by atoms with Gasteiger partial charge in [0.15, 0.2) is 9.04 Å². The molecule has 3 nitrogen and oxygen atoms in total. The maximum Gasteiger partial charge on any atom is 0.321 e. The highest BCUT2D eigenvalue weighted by Gasteiger charge is 2.30. The highest BCUT2D eigenvalue weighted by molar-refractivity contribution is 6.72. The Kier molecular flexibility index (Phi) is 3.48. The zero-order valence-electron chi connectivity index (χ0n) is 8.29. The van der Waals surface area contributed by atoms with Gasteiger partial charge in [-0.05, 0) is 26.2 Å². The lowest BCUT2D eigenvalue weighted by Gasteiger charge is -2.24. The van der Waals surface area contributed by atoms with E-state index in [-0.39, 0.29) is 0 Å². The Labute approximate surface area is 77.0 Å². The van der Waals surface area contributed by atoms with Gasteiger partial charge in [-0.25, -0.2) is 0 Å². The minimum absolute atomic E-state index is 0.356. The third kappa shape index (κ3) is 4.37. The Balaban J connectivity index is 2.16. The summed E-state index contributed by atoms with van der Waals surface area (Å²) in [5, 5.41) is 0. The Hall–Kier alpha value is 0.314. The van der Waals surface area contributed by atoms with Crippen molar-refractivity contribution in [1.29, 1.82) is 0 Å². The molecule has 1 atom stereocenters. The van der Waals surface area contributed by atoms with Crippen molar-refractivity contribution < 1.29 is 13.3 Å². The third-order valence-electron chi connectivity index (χ3n) is 1.54. The summed E-state index contributed by atoms with van der Waals surface area (Å²) in [6, 6.07) is 0. The van der Waals surface area contributed by atoms with Gasteiger partial charge in [0.25, 0.3) is 0 Å². The first-order valence-corrected chi connectivity index (χ1v) is 10.0. The standard InChI is InChI=1S/C7H18O3Si2/c1-11(2)10-12(3,4)9-6-7-5-8-7/h7,11H,5-6H2,1-4H3. The van der Waals surface area contributed by atoms with Crippen molar-refractivity contribution in [3.63, 3.8) is 0 Å². The Morgan fingerprint density at radius 3 is 2.50 bits per heavy atom. The molecule has 1 aliphatic heterocycles. The minimum Gasteiger partial charge on any atom is -0.439 e. The van der Waals surface area contributed by atoms with Crippen molar-refractivity contribution in [1.82, 2.24) is 0 Å². The van der Waals surface area contributed by atoms with Gasteiger partial charge >= 0.3 is 8.56 Å². The van der Waals surface area contributed by atoms with E-state index in [1.165, 1.54) is 0 Å². The lowest BCUT2D eigenvalue weighted by molar-refractivity contribution is 0.217. The maximum atomic E-state index is 5.82. The molecule has 1 fully saturated rings. The summed E-state index contributed by atoms with van der Waals surface area (Å²) in [5.41, 5.74) is 0. The van der Waals surface area contributed by atoms with E-state index in [0.29, 0.717) is 6.10 Å². The first-order valence-electron chi connectivity index (χ1n) is 4.43. The number of rotatable bonds is 5. The summed E-state index contributed by atoms with van der Waals surface area (Å²) >= 11 is 0. The average molecular weight is 206 g/mol. The molecule has 0 bridgehead atoms. The molecule has 0 radical (unpaired) electrons. The van der Waals surface area contributed by atoms with E-state index in [4.69, 9.17) is 13.3 Å². The molecule has 1 saturated heterocycles. The summed E-state index contributed by atoms with van der Waals surface area (Å²) < 4.78 is 16.6. The maximum absolute atomic E-state index is 5.82. The fourth-order valence-electron chi connectivity index (χ4n) is 1.06. The Bertz CT molecular complexity index is 146. The van der Waals surface area contributed by atoms with Gasteiger partial charge in [-0.3, -0.25) is 0 Å². The largest absolute Gasteiger partial charge is 0.439 e. The first kappa shape index (κ1) is 10.4. The van der Waals surface area contributed by atoms with E-state index in [9.17, 15) is 0 Å². The molecule has 0 aliphatic carbocycles. The molecular weight excluding hydrogens is 188 g/mol. The van der Waals surface area contributed by atoms with Gasteiger partial charge in [-0.1, -0.05) is 0 Å². The predicted molar refractivity (Wildman–Crippen MR) is 53.1 cm³/mol. The monoisotopic (exact) mass is 206 g/mol. The second-order valence-corrected chi connectivity index (χ2v) is 9.96. The van der Waals surface area contributed by atoms with Gasteiger partial charge < -0.3 is 13.3 Å². The molecule has 12 heavy (non-hydrogen) atoms.